The lowest BCUT2D eigenvalue weighted by atomic mass is 10.1. The minimum atomic E-state index is 0.798. The molecule has 138 valence electrons. The molecule has 0 spiro atoms. The summed E-state index contributed by atoms with van der Waals surface area (Å²) in [4.78, 5) is 18.4. The van der Waals surface area contributed by atoms with E-state index in [1.54, 1.807) is 0 Å². The fraction of sp³-hybridized carbons (Fsp3) is 0.174. The molecule has 5 heteroatoms. The Morgan fingerprint density at radius 2 is 1.43 bits per heavy atom. The number of hydrogen-bond acceptors (Lipinski definition) is 5. The van der Waals surface area contributed by atoms with Crippen molar-refractivity contribution in [2.75, 3.05) is 36.0 Å². The van der Waals surface area contributed by atoms with Crippen molar-refractivity contribution in [3.8, 4) is 11.3 Å². The van der Waals surface area contributed by atoms with E-state index in [2.05, 4.69) is 68.3 Å². The Morgan fingerprint density at radius 3 is 2.25 bits per heavy atom. The van der Waals surface area contributed by atoms with Gasteiger partial charge in [-0.1, -0.05) is 42.5 Å². The van der Waals surface area contributed by atoms with Crippen molar-refractivity contribution in [3.05, 3.63) is 79.1 Å². The molecule has 1 aliphatic rings. The normalized spacial score (nSPS) is 14.4. The molecule has 1 aliphatic heterocycles. The molecular formula is C23H21N5. The Labute approximate surface area is 164 Å². The first kappa shape index (κ1) is 16.7. The predicted molar refractivity (Wildman–Crippen MR) is 114 cm³/mol. The number of aromatic nitrogens is 3. The zero-order valence-corrected chi connectivity index (χ0v) is 15.6. The highest BCUT2D eigenvalue weighted by Crippen LogP contribution is 2.24. The van der Waals surface area contributed by atoms with Crippen molar-refractivity contribution in [1.29, 1.82) is 0 Å². The SMILES string of the molecule is c1ccc(N2CCN(c3nccc(-c4ccc5ccccc5c4)n3)CC2)nc1. The summed E-state index contributed by atoms with van der Waals surface area (Å²) >= 11 is 0. The van der Waals surface area contributed by atoms with Crippen LogP contribution in [0.3, 0.4) is 0 Å². The van der Waals surface area contributed by atoms with E-state index in [0.717, 1.165) is 49.2 Å². The number of rotatable bonds is 3. The van der Waals surface area contributed by atoms with Gasteiger partial charge >= 0.3 is 0 Å². The second-order valence-corrected chi connectivity index (χ2v) is 6.97. The van der Waals surface area contributed by atoms with Gasteiger partial charge in [0.1, 0.15) is 5.82 Å². The van der Waals surface area contributed by atoms with Gasteiger partial charge in [-0.2, -0.15) is 0 Å². The molecule has 0 saturated carbocycles. The van der Waals surface area contributed by atoms with Gasteiger partial charge in [0, 0.05) is 44.1 Å². The van der Waals surface area contributed by atoms with Crippen LogP contribution in [0.15, 0.2) is 79.1 Å². The van der Waals surface area contributed by atoms with Crippen molar-refractivity contribution in [1.82, 2.24) is 15.0 Å². The number of nitrogens with zero attached hydrogens (tertiary/aromatic N) is 5. The lowest BCUT2D eigenvalue weighted by Gasteiger charge is -2.35. The standard InChI is InChI=1S/C23H21N5/c1-2-6-19-17-20(9-8-18(19)5-1)21-10-12-25-23(26-21)28-15-13-27(14-16-28)22-7-3-4-11-24-22/h1-12,17H,13-16H2. The molecule has 3 heterocycles. The van der Waals surface area contributed by atoms with Gasteiger partial charge in [0.25, 0.3) is 0 Å². The highest BCUT2D eigenvalue weighted by Gasteiger charge is 2.20. The van der Waals surface area contributed by atoms with E-state index >= 15 is 0 Å². The fourth-order valence-electron chi connectivity index (χ4n) is 3.69. The molecule has 0 unspecified atom stereocenters. The van der Waals surface area contributed by atoms with Gasteiger partial charge in [0.15, 0.2) is 0 Å². The first-order valence-electron chi connectivity index (χ1n) is 9.60. The molecule has 1 saturated heterocycles. The average Bonchev–Trinajstić information content (AvgIpc) is 2.79. The van der Waals surface area contributed by atoms with Crippen LogP contribution in [-0.4, -0.2) is 41.1 Å². The number of pyridine rings is 1. The monoisotopic (exact) mass is 367 g/mol. The minimum absolute atomic E-state index is 0.798. The lowest BCUT2D eigenvalue weighted by molar-refractivity contribution is 0.635. The number of hydrogen-bond donors (Lipinski definition) is 0. The number of benzene rings is 2. The largest absolute Gasteiger partial charge is 0.353 e. The Balaban J connectivity index is 1.36. The van der Waals surface area contributed by atoms with E-state index in [9.17, 15) is 0 Å². The summed E-state index contributed by atoms with van der Waals surface area (Å²) in [6, 6.07) is 22.9. The van der Waals surface area contributed by atoms with Crippen LogP contribution in [0, 0.1) is 0 Å². The van der Waals surface area contributed by atoms with Gasteiger partial charge in [-0.3, -0.25) is 0 Å². The topological polar surface area (TPSA) is 45.2 Å². The van der Waals surface area contributed by atoms with Crippen molar-refractivity contribution < 1.29 is 0 Å². The van der Waals surface area contributed by atoms with Crippen LogP contribution in [0.2, 0.25) is 0 Å². The third kappa shape index (κ3) is 3.27. The summed E-state index contributed by atoms with van der Waals surface area (Å²) in [6.45, 7) is 3.61. The Hall–Kier alpha value is -3.47. The van der Waals surface area contributed by atoms with E-state index < -0.39 is 0 Å². The third-order valence-corrected chi connectivity index (χ3v) is 5.22. The molecule has 5 rings (SSSR count). The summed E-state index contributed by atoms with van der Waals surface area (Å²) in [6.07, 6.45) is 3.70. The van der Waals surface area contributed by atoms with Gasteiger partial charge in [0.05, 0.1) is 5.69 Å². The van der Waals surface area contributed by atoms with Crippen LogP contribution in [0.4, 0.5) is 11.8 Å². The zero-order valence-electron chi connectivity index (χ0n) is 15.6. The molecule has 4 aromatic rings. The minimum Gasteiger partial charge on any atom is -0.353 e. The smallest absolute Gasteiger partial charge is 0.225 e. The van der Waals surface area contributed by atoms with Gasteiger partial charge in [-0.15, -0.1) is 0 Å². The molecule has 0 N–H and O–H groups in total. The molecule has 0 radical (unpaired) electrons. The quantitative estimate of drug-likeness (QED) is 0.547. The lowest BCUT2D eigenvalue weighted by Crippen LogP contribution is -2.47. The predicted octanol–water partition coefficient (Wildman–Crippen LogP) is 4.02. The highest BCUT2D eigenvalue weighted by atomic mass is 15.3. The summed E-state index contributed by atoms with van der Waals surface area (Å²) in [5.41, 5.74) is 2.08. The van der Waals surface area contributed by atoms with Crippen LogP contribution in [0.1, 0.15) is 0 Å². The van der Waals surface area contributed by atoms with Crippen molar-refractivity contribution >= 4 is 22.5 Å². The highest BCUT2D eigenvalue weighted by molar-refractivity contribution is 5.86. The maximum Gasteiger partial charge on any atom is 0.225 e. The molecule has 2 aromatic carbocycles. The van der Waals surface area contributed by atoms with Crippen LogP contribution >= 0.6 is 0 Å². The van der Waals surface area contributed by atoms with Gasteiger partial charge in [-0.05, 0) is 35.0 Å². The molecule has 0 bridgehead atoms. The Morgan fingerprint density at radius 1 is 0.643 bits per heavy atom. The third-order valence-electron chi connectivity index (χ3n) is 5.22. The summed E-state index contributed by atoms with van der Waals surface area (Å²) in [7, 11) is 0. The molecule has 0 atom stereocenters. The van der Waals surface area contributed by atoms with Gasteiger partial charge in [0.2, 0.25) is 5.95 Å². The summed E-state index contributed by atoms with van der Waals surface area (Å²) in [5.74, 6) is 1.83. The van der Waals surface area contributed by atoms with Gasteiger partial charge in [-0.25, -0.2) is 15.0 Å². The van der Waals surface area contributed by atoms with E-state index in [0.29, 0.717) is 0 Å². The molecule has 5 nitrogen and oxygen atoms in total. The van der Waals surface area contributed by atoms with Crippen LogP contribution < -0.4 is 9.80 Å². The first-order chi connectivity index (χ1) is 13.9. The molecular weight excluding hydrogens is 346 g/mol. The Kier molecular flexibility index (Phi) is 4.33. The van der Waals surface area contributed by atoms with Gasteiger partial charge < -0.3 is 9.80 Å². The van der Waals surface area contributed by atoms with Crippen molar-refractivity contribution in [3.63, 3.8) is 0 Å². The summed E-state index contributed by atoms with van der Waals surface area (Å²) < 4.78 is 0. The van der Waals surface area contributed by atoms with E-state index in [1.165, 1.54) is 10.8 Å². The van der Waals surface area contributed by atoms with E-state index in [1.807, 2.05) is 30.6 Å². The van der Waals surface area contributed by atoms with E-state index in [-0.39, 0.29) is 0 Å². The second-order valence-electron chi connectivity index (χ2n) is 6.97. The van der Waals surface area contributed by atoms with Crippen molar-refractivity contribution in [2.45, 2.75) is 0 Å². The molecule has 1 fully saturated rings. The number of anilines is 2. The molecule has 0 amide bonds. The fourth-order valence-corrected chi connectivity index (χ4v) is 3.69. The second kappa shape index (κ2) is 7.27. The molecule has 0 aliphatic carbocycles. The van der Waals surface area contributed by atoms with Crippen molar-refractivity contribution in [2.24, 2.45) is 0 Å². The van der Waals surface area contributed by atoms with E-state index in [4.69, 9.17) is 4.98 Å². The Bertz CT molecular complexity index is 1090. The maximum atomic E-state index is 4.85. The maximum absolute atomic E-state index is 4.85. The first-order valence-corrected chi connectivity index (χ1v) is 9.60. The number of fused-ring (bicyclic) bond motifs is 1. The van der Waals surface area contributed by atoms with Crippen LogP contribution in [0.5, 0.6) is 0 Å². The zero-order chi connectivity index (χ0) is 18.8. The molecule has 2 aromatic heterocycles. The molecule has 28 heavy (non-hydrogen) atoms. The average molecular weight is 367 g/mol. The number of piperazine rings is 1. The van der Waals surface area contributed by atoms with Crippen LogP contribution in [-0.2, 0) is 0 Å². The summed E-state index contributed by atoms with van der Waals surface area (Å²) in [5, 5.41) is 2.47. The van der Waals surface area contributed by atoms with Crippen LogP contribution in [0.25, 0.3) is 22.0 Å².